The number of benzene rings is 1. The van der Waals surface area contributed by atoms with Crippen LogP contribution >= 0.6 is 27.7 Å². The van der Waals surface area contributed by atoms with Gasteiger partial charge in [-0.25, -0.2) is 4.39 Å². The minimum atomic E-state index is -0.534. The van der Waals surface area contributed by atoms with Gasteiger partial charge in [-0.2, -0.15) is 0 Å². The van der Waals surface area contributed by atoms with Gasteiger partial charge in [0.1, 0.15) is 11.1 Å². The number of carbonyl (C=O) groups excluding carboxylic acids is 2. The van der Waals surface area contributed by atoms with E-state index in [1.807, 2.05) is 20.8 Å². The fourth-order valence-corrected chi connectivity index (χ4v) is 3.56. The molecule has 0 saturated heterocycles. The van der Waals surface area contributed by atoms with Gasteiger partial charge in [-0.05, 0) is 40.4 Å². The molecule has 0 aliphatic carbocycles. The Hall–Kier alpha value is -1.08. The molecule has 0 radical (unpaired) electrons. The zero-order valence-corrected chi connectivity index (χ0v) is 16.7. The Morgan fingerprint density at radius 2 is 2.04 bits per heavy atom. The first-order valence-electron chi connectivity index (χ1n) is 7.86. The Morgan fingerprint density at radius 3 is 2.58 bits per heavy atom. The number of halogens is 2. The van der Waals surface area contributed by atoms with E-state index in [2.05, 4.69) is 21.2 Å². The molecule has 1 rings (SSSR count). The van der Waals surface area contributed by atoms with Gasteiger partial charge >= 0.3 is 5.97 Å². The molecule has 0 spiro atoms. The molecule has 1 atom stereocenters. The highest BCUT2D eigenvalue weighted by molar-refractivity contribution is 9.10. The van der Waals surface area contributed by atoms with E-state index in [0.717, 1.165) is 12.8 Å². The lowest BCUT2D eigenvalue weighted by atomic mass is 10.1. The molecule has 1 aromatic carbocycles. The number of hydrogen-bond acceptors (Lipinski definition) is 4. The van der Waals surface area contributed by atoms with Gasteiger partial charge < -0.3 is 10.1 Å². The predicted molar refractivity (Wildman–Crippen MR) is 98.8 cm³/mol. The summed E-state index contributed by atoms with van der Waals surface area (Å²) >= 11 is 4.61. The van der Waals surface area contributed by atoms with Crippen LogP contribution in [0.3, 0.4) is 0 Å². The van der Waals surface area contributed by atoms with E-state index >= 15 is 0 Å². The highest BCUT2D eigenvalue weighted by Crippen LogP contribution is 2.37. The number of hydrogen-bond donors (Lipinski definition) is 1. The van der Waals surface area contributed by atoms with Crippen molar-refractivity contribution in [2.75, 3.05) is 11.9 Å². The maximum absolute atomic E-state index is 13.9. The summed E-state index contributed by atoms with van der Waals surface area (Å²) in [6, 6.07) is 2.81. The minimum Gasteiger partial charge on any atom is -0.465 e. The van der Waals surface area contributed by atoms with Crippen molar-refractivity contribution in [3.05, 3.63) is 22.4 Å². The van der Waals surface area contributed by atoms with Gasteiger partial charge in [0, 0.05) is 16.3 Å². The number of anilines is 1. The number of thioether (sulfide) groups is 1. The lowest BCUT2D eigenvalue weighted by molar-refractivity contribution is -0.143. The van der Waals surface area contributed by atoms with E-state index < -0.39 is 11.1 Å². The monoisotopic (exact) mass is 419 g/mol. The average Bonchev–Trinajstić information content (AvgIpc) is 2.48. The van der Waals surface area contributed by atoms with Crippen LogP contribution in [0.5, 0.6) is 0 Å². The second kappa shape index (κ2) is 10.0. The van der Waals surface area contributed by atoms with Crippen molar-refractivity contribution in [2.45, 2.75) is 50.7 Å². The van der Waals surface area contributed by atoms with E-state index in [9.17, 15) is 14.0 Å². The first kappa shape index (κ1) is 21.0. The van der Waals surface area contributed by atoms with Gasteiger partial charge in [0.05, 0.1) is 12.3 Å². The molecular weight excluding hydrogens is 397 g/mol. The summed E-state index contributed by atoms with van der Waals surface area (Å²) in [5, 5.41) is 2.04. The van der Waals surface area contributed by atoms with Crippen LogP contribution in [0.4, 0.5) is 10.1 Å². The molecule has 24 heavy (non-hydrogen) atoms. The molecule has 0 aromatic heterocycles. The van der Waals surface area contributed by atoms with E-state index in [-0.39, 0.29) is 23.5 Å². The summed E-state index contributed by atoms with van der Waals surface area (Å²) < 4.78 is 19.8. The molecule has 1 N–H and O–H groups in total. The van der Waals surface area contributed by atoms with Crippen LogP contribution in [0.2, 0.25) is 0 Å². The van der Waals surface area contributed by atoms with Crippen molar-refractivity contribution in [3.8, 4) is 0 Å². The molecule has 0 fully saturated rings. The van der Waals surface area contributed by atoms with Gasteiger partial charge in [-0.3, -0.25) is 9.59 Å². The molecule has 0 bridgehead atoms. The quantitative estimate of drug-likeness (QED) is 0.365. The summed E-state index contributed by atoms with van der Waals surface area (Å²) in [6.45, 7) is 7.62. The van der Waals surface area contributed by atoms with E-state index in [0.29, 0.717) is 16.0 Å². The summed E-state index contributed by atoms with van der Waals surface area (Å²) in [5.41, 5.74) is 0.0926. The van der Waals surface area contributed by atoms with Crippen molar-refractivity contribution in [1.82, 2.24) is 0 Å². The third kappa shape index (κ3) is 6.43. The molecule has 0 aliphatic rings. The van der Waals surface area contributed by atoms with Crippen LogP contribution in [0.15, 0.2) is 21.5 Å². The van der Waals surface area contributed by atoms with Gasteiger partial charge in [0.25, 0.3) is 0 Å². The normalized spacial score (nSPS) is 12.1. The third-order valence-corrected chi connectivity index (χ3v) is 5.67. The van der Waals surface area contributed by atoms with E-state index in [1.54, 1.807) is 0 Å². The second-order valence-corrected chi connectivity index (χ2v) is 7.78. The zero-order chi connectivity index (χ0) is 18.3. The highest BCUT2D eigenvalue weighted by atomic mass is 79.9. The molecule has 134 valence electrons. The molecule has 0 aliphatic heterocycles. The van der Waals surface area contributed by atoms with Gasteiger partial charge in [-0.15, -0.1) is 11.8 Å². The van der Waals surface area contributed by atoms with E-state index in [1.165, 1.54) is 30.8 Å². The number of amides is 1. The van der Waals surface area contributed by atoms with Crippen molar-refractivity contribution in [1.29, 1.82) is 0 Å². The van der Waals surface area contributed by atoms with Gasteiger partial charge in [0.15, 0.2) is 0 Å². The molecular formula is C17H23BrFNO3S. The van der Waals surface area contributed by atoms with Crippen LogP contribution in [0, 0.1) is 11.7 Å². The van der Waals surface area contributed by atoms with E-state index in [4.69, 9.17) is 4.74 Å². The fraction of sp³-hybridized carbons (Fsp3) is 0.529. The van der Waals surface area contributed by atoms with Gasteiger partial charge in [-0.1, -0.05) is 27.2 Å². The molecule has 1 aromatic rings. The lowest BCUT2D eigenvalue weighted by Gasteiger charge is -2.20. The molecule has 1 unspecified atom stereocenters. The smallest absolute Gasteiger partial charge is 0.319 e. The maximum atomic E-state index is 13.9. The molecule has 0 heterocycles. The van der Waals surface area contributed by atoms with Crippen LogP contribution < -0.4 is 5.32 Å². The molecule has 1 amide bonds. The highest BCUT2D eigenvalue weighted by Gasteiger charge is 2.26. The summed E-state index contributed by atoms with van der Waals surface area (Å²) in [6.07, 6.45) is 1.78. The van der Waals surface area contributed by atoms with Crippen molar-refractivity contribution in [3.63, 3.8) is 0 Å². The number of rotatable bonds is 8. The Balaban J connectivity index is 2.97. The first-order valence-corrected chi connectivity index (χ1v) is 9.53. The summed E-state index contributed by atoms with van der Waals surface area (Å²) in [5.74, 6) is -1.12. The van der Waals surface area contributed by atoms with Crippen LogP contribution in [0.1, 0.15) is 40.5 Å². The summed E-state index contributed by atoms with van der Waals surface area (Å²) in [7, 11) is 0. The van der Waals surface area contributed by atoms with Crippen molar-refractivity contribution < 1.29 is 18.7 Å². The topological polar surface area (TPSA) is 55.4 Å². The largest absolute Gasteiger partial charge is 0.465 e. The van der Waals surface area contributed by atoms with Crippen LogP contribution in [0.25, 0.3) is 0 Å². The number of nitrogens with one attached hydrogen (secondary N) is 1. The summed E-state index contributed by atoms with van der Waals surface area (Å²) in [4.78, 5) is 24.2. The maximum Gasteiger partial charge on any atom is 0.319 e. The number of carbonyl (C=O) groups is 2. The lowest BCUT2D eigenvalue weighted by Crippen LogP contribution is -2.26. The standard InChI is InChI=1S/C17H23BrFNO3S/c1-5-6-7-23-17(22)16(10(2)3)24-15-9-14(20-11(4)21)13(19)8-12(15)18/h8-10,16H,5-7H2,1-4H3,(H,20,21). The molecule has 7 heteroatoms. The fourth-order valence-electron chi connectivity index (χ4n) is 1.90. The first-order chi connectivity index (χ1) is 11.3. The number of esters is 1. The van der Waals surface area contributed by atoms with Gasteiger partial charge in [0.2, 0.25) is 5.91 Å². The second-order valence-electron chi connectivity index (χ2n) is 5.75. The number of unbranched alkanes of at least 4 members (excludes halogenated alkanes) is 1. The molecule has 0 saturated carbocycles. The minimum absolute atomic E-state index is 0.0466. The number of ether oxygens (including phenoxy) is 1. The molecule has 4 nitrogen and oxygen atoms in total. The zero-order valence-electron chi connectivity index (χ0n) is 14.3. The average molecular weight is 420 g/mol. The Labute approximate surface area is 155 Å². The predicted octanol–water partition coefficient (Wildman–Crippen LogP) is 5.01. The van der Waals surface area contributed by atoms with Crippen molar-refractivity contribution in [2.24, 2.45) is 5.92 Å². The SMILES string of the molecule is CCCCOC(=O)C(Sc1cc(NC(C)=O)c(F)cc1Br)C(C)C. The van der Waals surface area contributed by atoms with Crippen LogP contribution in [-0.4, -0.2) is 23.7 Å². The Morgan fingerprint density at radius 1 is 1.38 bits per heavy atom. The Kier molecular flexibility index (Phi) is 8.76. The van der Waals surface area contributed by atoms with Crippen molar-refractivity contribution >= 4 is 45.3 Å². The third-order valence-electron chi connectivity index (χ3n) is 3.17. The Bertz CT molecular complexity index is 595. The van der Waals surface area contributed by atoms with Crippen LogP contribution in [-0.2, 0) is 14.3 Å².